The molecule has 1 heterocycles. The summed E-state index contributed by atoms with van der Waals surface area (Å²) in [6, 6.07) is 0. The lowest BCUT2D eigenvalue weighted by atomic mass is 9.99. The molecule has 0 aromatic rings. The maximum absolute atomic E-state index is 12.9. The summed E-state index contributed by atoms with van der Waals surface area (Å²) in [7, 11) is -5.07. The molecule has 0 bridgehead atoms. The van der Waals surface area contributed by atoms with Crippen molar-refractivity contribution >= 4 is 16.4 Å². The second kappa shape index (κ2) is 43.8. The van der Waals surface area contributed by atoms with E-state index in [1.165, 1.54) is 77.0 Å². The Morgan fingerprint density at radius 1 is 0.591 bits per heavy atom. The van der Waals surface area contributed by atoms with Crippen molar-refractivity contribution in [3.8, 4) is 0 Å². The van der Waals surface area contributed by atoms with Gasteiger partial charge < -0.3 is 34.3 Å². The molecule has 0 aromatic heterocycles. The van der Waals surface area contributed by atoms with Crippen molar-refractivity contribution in [2.45, 2.75) is 230 Å². The van der Waals surface area contributed by atoms with Crippen LogP contribution >= 0.6 is 0 Å². The van der Waals surface area contributed by atoms with Crippen molar-refractivity contribution in [3.63, 3.8) is 0 Å². The Bertz CT molecular complexity index is 1420. The summed E-state index contributed by atoms with van der Waals surface area (Å²) < 4.78 is 59.2. The molecule has 6 unspecified atom stereocenters. The highest BCUT2D eigenvalue weighted by Gasteiger charge is 2.48. The van der Waals surface area contributed by atoms with Gasteiger partial charge in [-0.25, -0.2) is 4.18 Å². The van der Waals surface area contributed by atoms with E-state index in [2.05, 4.69) is 90.9 Å². The minimum absolute atomic E-state index is 0.0214. The maximum atomic E-state index is 12.9. The van der Waals surface area contributed by atoms with E-state index < -0.39 is 59.8 Å². The number of esters is 1. The SMILES string of the molecule is CC/C=C\C/C=C\C/C=C\CCCCCCCC(=O)OC(COCCCCCCCCCCC/C=C\C/C=C\C/C=C\CCCCCCC)COC1OC(CO)C(O)C(OS(=O)(=O)O)C1O. The number of ether oxygens (including phenoxy) is 4. The summed E-state index contributed by atoms with van der Waals surface area (Å²) in [6.07, 6.45) is 47.9. The van der Waals surface area contributed by atoms with Gasteiger partial charge in [-0.15, -0.1) is 0 Å². The first kappa shape index (κ1) is 61.6. The molecular formula is C53H92O12S. The van der Waals surface area contributed by atoms with Crippen LogP contribution in [0, 0.1) is 0 Å². The molecule has 382 valence electrons. The van der Waals surface area contributed by atoms with Gasteiger partial charge in [0.05, 0.1) is 19.8 Å². The van der Waals surface area contributed by atoms with E-state index >= 15 is 0 Å². The second-order valence-corrected chi connectivity index (χ2v) is 18.4. The smallest absolute Gasteiger partial charge is 0.397 e. The fraction of sp³-hybridized carbons (Fsp3) is 0.755. The largest absolute Gasteiger partial charge is 0.457 e. The van der Waals surface area contributed by atoms with Gasteiger partial charge in [-0.3, -0.25) is 9.35 Å². The van der Waals surface area contributed by atoms with Crippen molar-refractivity contribution in [1.29, 1.82) is 0 Å². The highest BCUT2D eigenvalue weighted by atomic mass is 32.3. The summed E-state index contributed by atoms with van der Waals surface area (Å²) in [4.78, 5) is 12.9. The molecule has 1 aliphatic heterocycles. The Labute approximate surface area is 401 Å². The zero-order chi connectivity index (χ0) is 48.2. The number of aliphatic hydroxyl groups is 3. The van der Waals surface area contributed by atoms with Gasteiger partial charge in [0.1, 0.15) is 30.5 Å². The maximum Gasteiger partial charge on any atom is 0.397 e. The molecule has 6 atom stereocenters. The summed E-state index contributed by atoms with van der Waals surface area (Å²) in [5.74, 6) is -0.420. The lowest BCUT2D eigenvalue weighted by Crippen LogP contribution is -2.60. The number of hydrogen-bond donors (Lipinski definition) is 4. The molecule has 1 saturated heterocycles. The van der Waals surface area contributed by atoms with Crippen LogP contribution in [0.3, 0.4) is 0 Å². The summed E-state index contributed by atoms with van der Waals surface area (Å²) in [6.45, 7) is 3.83. The lowest BCUT2D eigenvalue weighted by Gasteiger charge is -2.41. The number of allylic oxidation sites excluding steroid dienone is 12. The number of rotatable bonds is 44. The van der Waals surface area contributed by atoms with Crippen molar-refractivity contribution in [3.05, 3.63) is 72.9 Å². The number of carbonyl (C=O) groups excluding carboxylic acids is 1. The fourth-order valence-corrected chi connectivity index (χ4v) is 7.97. The van der Waals surface area contributed by atoms with Crippen LogP contribution in [0.1, 0.15) is 194 Å². The van der Waals surface area contributed by atoms with E-state index in [9.17, 15) is 33.1 Å². The average molecular weight is 953 g/mol. The standard InChI is InChI=1S/C53H92O12S/c1-3-5-7-9-11-13-15-17-19-20-21-22-23-24-25-26-27-29-31-33-35-37-39-41-43-61-45-47(46-62-53-51(57)52(65-66(58,59)60)50(56)48(44-54)64-53)63-49(55)42-40-38-36-34-32-30-28-18-16-14-12-10-8-6-4-2/h6,8,12,14-15,17-18,20-21,23-24,28,47-48,50-54,56-57H,3-5,7,9-11,13,16,19,22,25-27,29-46H2,1-2H3,(H,58,59,60)/b8-6-,14-12-,17-15-,21-20-,24-23-,28-18-. The Hall–Kier alpha value is -2.46. The molecule has 0 spiro atoms. The highest BCUT2D eigenvalue weighted by molar-refractivity contribution is 7.80. The van der Waals surface area contributed by atoms with E-state index in [-0.39, 0.29) is 19.6 Å². The molecule has 0 aromatic carbocycles. The summed E-state index contributed by atoms with van der Waals surface area (Å²) in [5, 5.41) is 30.7. The fourth-order valence-electron chi connectivity index (χ4n) is 7.46. The number of hydrogen-bond acceptors (Lipinski definition) is 11. The van der Waals surface area contributed by atoms with Crippen LogP contribution in [-0.2, 0) is 38.3 Å². The molecule has 1 rings (SSSR count). The summed E-state index contributed by atoms with van der Waals surface area (Å²) in [5.41, 5.74) is 0. The Balaban J connectivity index is 2.35. The molecule has 0 saturated carbocycles. The Morgan fingerprint density at radius 2 is 1.05 bits per heavy atom. The van der Waals surface area contributed by atoms with Gasteiger partial charge in [0, 0.05) is 13.0 Å². The highest BCUT2D eigenvalue weighted by Crippen LogP contribution is 2.26. The van der Waals surface area contributed by atoms with E-state index in [0.29, 0.717) is 13.0 Å². The van der Waals surface area contributed by atoms with Gasteiger partial charge in [0.25, 0.3) is 0 Å². The van der Waals surface area contributed by atoms with E-state index in [1.54, 1.807) is 0 Å². The average Bonchev–Trinajstić information content (AvgIpc) is 3.29. The first-order valence-electron chi connectivity index (χ1n) is 25.7. The number of unbranched alkanes of at least 4 members (excludes halogenated alkanes) is 19. The minimum atomic E-state index is -5.07. The molecule has 13 heteroatoms. The lowest BCUT2D eigenvalue weighted by molar-refractivity contribution is -0.301. The van der Waals surface area contributed by atoms with Gasteiger partial charge in [0.15, 0.2) is 6.29 Å². The van der Waals surface area contributed by atoms with Gasteiger partial charge in [-0.2, -0.15) is 8.42 Å². The zero-order valence-corrected chi connectivity index (χ0v) is 41.8. The van der Waals surface area contributed by atoms with E-state index in [0.717, 1.165) is 89.9 Å². The van der Waals surface area contributed by atoms with Crippen LogP contribution in [0.2, 0.25) is 0 Å². The molecule has 1 fully saturated rings. The summed E-state index contributed by atoms with van der Waals surface area (Å²) >= 11 is 0. The first-order chi connectivity index (χ1) is 32.1. The third-order valence-electron chi connectivity index (χ3n) is 11.3. The molecule has 0 radical (unpaired) electrons. The van der Waals surface area contributed by atoms with E-state index in [4.69, 9.17) is 18.9 Å². The molecule has 66 heavy (non-hydrogen) atoms. The van der Waals surface area contributed by atoms with Crippen LogP contribution < -0.4 is 0 Å². The van der Waals surface area contributed by atoms with Crippen LogP contribution in [0.5, 0.6) is 0 Å². The predicted octanol–water partition coefficient (Wildman–Crippen LogP) is 11.9. The second-order valence-electron chi connectivity index (χ2n) is 17.4. The number of aliphatic hydroxyl groups excluding tert-OH is 3. The van der Waals surface area contributed by atoms with Crippen molar-refractivity contribution in [1.82, 2.24) is 0 Å². The van der Waals surface area contributed by atoms with Crippen molar-refractivity contribution < 1.29 is 56.2 Å². The van der Waals surface area contributed by atoms with Crippen molar-refractivity contribution in [2.75, 3.05) is 26.4 Å². The first-order valence-corrected chi connectivity index (χ1v) is 27.1. The van der Waals surface area contributed by atoms with Crippen LogP contribution in [-0.4, -0.2) is 97.5 Å². The van der Waals surface area contributed by atoms with E-state index in [1.807, 2.05) is 0 Å². The van der Waals surface area contributed by atoms with Gasteiger partial charge in [-0.1, -0.05) is 177 Å². The molecule has 1 aliphatic rings. The van der Waals surface area contributed by atoms with Crippen molar-refractivity contribution in [2.24, 2.45) is 0 Å². The molecular weight excluding hydrogens is 861 g/mol. The van der Waals surface area contributed by atoms with Crippen LogP contribution in [0.15, 0.2) is 72.9 Å². The molecule has 4 N–H and O–H groups in total. The van der Waals surface area contributed by atoms with Gasteiger partial charge >= 0.3 is 16.4 Å². The van der Waals surface area contributed by atoms with Gasteiger partial charge in [-0.05, 0) is 83.5 Å². The zero-order valence-electron chi connectivity index (χ0n) is 41.0. The van der Waals surface area contributed by atoms with Crippen LogP contribution in [0.4, 0.5) is 0 Å². The third-order valence-corrected chi connectivity index (χ3v) is 11.8. The number of carbonyl (C=O) groups is 1. The van der Waals surface area contributed by atoms with Crippen LogP contribution in [0.25, 0.3) is 0 Å². The normalized spacial score (nSPS) is 20.1. The molecule has 0 amide bonds. The monoisotopic (exact) mass is 953 g/mol. The molecule has 0 aliphatic carbocycles. The van der Waals surface area contributed by atoms with Gasteiger partial charge in [0.2, 0.25) is 0 Å². The quantitative estimate of drug-likeness (QED) is 0.0197. The Morgan fingerprint density at radius 3 is 1.53 bits per heavy atom. The minimum Gasteiger partial charge on any atom is -0.457 e. The topological polar surface area (TPSA) is 178 Å². The molecule has 12 nitrogen and oxygen atoms in total. The predicted molar refractivity (Wildman–Crippen MR) is 266 cm³/mol. The third kappa shape index (κ3) is 36.6. The Kier molecular flexibility index (Phi) is 40.8.